The molecule has 3 heterocycles. The number of piperidine rings is 1. The third kappa shape index (κ3) is 3.58. The van der Waals surface area contributed by atoms with Crippen LogP contribution >= 0.6 is 11.3 Å². The maximum Gasteiger partial charge on any atom is 0.270 e. The van der Waals surface area contributed by atoms with Crippen LogP contribution in [0.25, 0.3) is 10.9 Å². The van der Waals surface area contributed by atoms with Crippen LogP contribution in [0.4, 0.5) is 0 Å². The zero-order valence-corrected chi connectivity index (χ0v) is 16.8. The highest BCUT2D eigenvalue weighted by molar-refractivity contribution is 7.09. The van der Waals surface area contributed by atoms with Gasteiger partial charge in [0.2, 0.25) is 0 Å². The molecule has 2 aromatic heterocycles. The summed E-state index contributed by atoms with van der Waals surface area (Å²) in [4.78, 5) is 23.1. The van der Waals surface area contributed by atoms with Gasteiger partial charge in [-0.15, -0.1) is 11.3 Å². The van der Waals surface area contributed by atoms with Crippen molar-refractivity contribution >= 4 is 28.1 Å². The van der Waals surface area contributed by atoms with Crippen LogP contribution in [-0.4, -0.2) is 41.0 Å². The molecule has 0 aliphatic carbocycles. The van der Waals surface area contributed by atoms with Crippen LogP contribution in [0, 0.1) is 0 Å². The molecule has 1 saturated heterocycles. The van der Waals surface area contributed by atoms with Crippen LogP contribution in [0.3, 0.4) is 0 Å². The third-order valence-electron chi connectivity index (χ3n) is 5.25. The lowest BCUT2D eigenvalue weighted by Gasteiger charge is -2.31. The van der Waals surface area contributed by atoms with Gasteiger partial charge in [0, 0.05) is 41.4 Å². The summed E-state index contributed by atoms with van der Waals surface area (Å²) in [6.45, 7) is 5.87. The van der Waals surface area contributed by atoms with Gasteiger partial charge in [0.25, 0.3) is 5.91 Å². The molecule has 1 aliphatic rings. The predicted octanol–water partition coefficient (Wildman–Crippen LogP) is 4.78. The number of likely N-dealkylation sites (tertiary alicyclic amines) is 1. The van der Waals surface area contributed by atoms with E-state index in [1.54, 1.807) is 18.4 Å². The molecule has 0 spiro atoms. The van der Waals surface area contributed by atoms with E-state index in [9.17, 15) is 4.79 Å². The average Bonchev–Trinajstić information content (AvgIpc) is 3.34. The SMILES string of the molecule is COc1ccc2cc(C(=O)N3CCC[C@@H](c4nc(C(C)C)cs4)C3)[nH]c2c1. The summed E-state index contributed by atoms with van der Waals surface area (Å²) in [7, 11) is 1.65. The largest absolute Gasteiger partial charge is 0.497 e. The molecule has 0 bridgehead atoms. The normalized spacial score (nSPS) is 17.6. The summed E-state index contributed by atoms with van der Waals surface area (Å²) in [6, 6.07) is 7.74. The molecule has 0 saturated carbocycles. The van der Waals surface area contributed by atoms with Gasteiger partial charge in [0.05, 0.1) is 17.8 Å². The Morgan fingerprint density at radius 2 is 2.22 bits per heavy atom. The fraction of sp³-hybridized carbons (Fsp3) is 0.429. The number of thiazole rings is 1. The summed E-state index contributed by atoms with van der Waals surface area (Å²) in [5.41, 5.74) is 2.72. The van der Waals surface area contributed by atoms with Crippen LogP contribution in [0.15, 0.2) is 29.6 Å². The number of aromatic amines is 1. The van der Waals surface area contributed by atoms with Gasteiger partial charge in [0.15, 0.2) is 0 Å². The van der Waals surface area contributed by atoms with Crippen LogP contribution in [0.2, 0.25) is 0 Å². The molecule has 1 aromatic carbocycles. The van der Waals surface area contributed by atoms with Crippen LogP contribution in [0.5, 0.6) is 5.75 Å². The van der Waals surface area contributed by atoms with Crippen molar-refractivity contribution in [1.82, 2.24) is 14.9 Å². The zero-order valence-electron chi connectivity index (χ0n) is 16.0. The van der Waals surface area contributed by atoms with E-state index in [4.69, 9.17) is 9.72 Å². The molecule has 1 atom stereocenters. The topological polar surface area (TPSA) is 58.2 Å². The number of benzene rings is 1. The number of ether oxygens (including phenoxy) is 1. The van der Waals surface area contributed by atoms with Gasteiger partial charge in [-0.25, -0.2) is 4.98 Å². The number of fused-ring (bicyclic) bond motifs is 1. The lowest BCUT2D eigenvalue weighted by molar-refractivity contribution is 0.0702. The number of carbonyl (C=O) groups is 1. The molecule has 5 nitrogen and oxygen atoms in total. The maximum atomic E-state index is 13.1. The van der Waals surface area contributed by atoms with Crippen molar-refractivity contribution < 1.29 is 9.53 Å². The molecule has 6 heteroatoms. The monoisotopic (exact) mass is 383 g/mol. The van der Waals surface area contributed by atoms with Crippen molar-refractivity contribution in [2.24, 2.45) is 0 Å². The summed E-state index contributed by atoms with van der Waals surface area (Å²) < 4.78 is 5.27. The Balaban J connectivity index is 1.52. The van der Waals surface area contributed by atoms with E-state index in [2.05, 4.69) is 24.2 Å². The summed E-state index contributed by atoms with van der Waals surface area (Å²) >= 11 is 1.73. The molecule has 1 aliphatic heterocycles. The Morgan fingerprint density at radius 1 is 1.37 bits per heavy atom. The average molecular weight is 384 g/mol. The molecule has 0 radical (unpaired) electrons. The van der Waals surface area contributed by atoms with Gasteiger partial charge in [-0.2, -0.15) is 0 Å². The molecule has 1 fully saturated rings. The highest BCUT2D eigenvalue weighted by Gasteiger charge is 2.28. The first-order valence-corrected chi connectivity index (χ1v) is 10.3. The highest BCUT2D eigenvalue weighted by atomic mass is 32.1. The Kier molecular flexibility index (Phi) is 4.91. The fourth-order valence-corrected chi connectivity index (χ4v) is 4.74. The Bertz CT molecular complexity index is 959. The van der Waals surface area contributed by atoms with E-state index in [0.29, 0.717) is 17.5 Å². The molecular weight excluding hydrogens is 358 g/mol. The van der Waals surface area contributed by atoms with Gasteiger partial charge in [-0.05, 0) is 37.0 Å². The molecular formula is C21H25N3O2S. The van der Waals surface area contributed by atoms with Gasteiger partial charge in [-0.1, -0.05) is 13.8 Å². The van der Waals surface area contributed by atoms with E-state index in [-0.39, 0.29) is 5.91 Å². The van der Waals surface area contributed by atoms with Crippen molar-refractivity contribution in [2.45, 2.75) is 38.5 Å². The van der Waals surface area contributed by atoms with Crippen LogP contribution in [0.1, 0.15) is 59.7 Å². The second-order valence-corrected chi connectivity index (χ2v) is 8.38. The van der Waals surface area contributed by atoms with Gasteiger partial charge in [0.1, 0.15) is 11.4 Å². The number of nitrogens with one attached hydrogen (secondary N) is 1. The first kappa shape index (κ1) is 18.0. The number of amides is 1. The van der Waals surface area contributed by atoms with Crippen LogP contribution in [-0.2, 0) is 0 Å². The quantitative estimate of drug-likeness (QED) is 0.705. The number of carbonyl (C=O) groups excluding carboxylic acids is 1. The van der Waals surface area contributed by atoms with Gasteiger partial charge >= 0.3 is 0 Å². The number of aromatic nitrogens is 2. The van der Waals surface area contributed by atoms with Crippen molar-refractivity contribution in [3.63, 3.8) is 0 Å². The Morgan fingerprint density at radius 3 is 2.96 bits per heavy atom. The van der Waals surface area contributed by atoms with Gasteiger partial charge in [-0.3, -0.25) is 4.79 Å². The minimum absolute atomic E-state index is 0.0653. The minimum Gasteiger partial charge on any atom is -0.497 e. The van der Waals surface area contributed by atoms with Crippen molar-refractivity contribution in [3.8, 4) is 5.75 Å². The van der Waals surface area contributed by atoms with Gasteiger partial charge < -0.3 is 14.6 Å². The Labute approximate surface area is 163 Å². The lowest BCUT2D eigenvalue weighted by Crippen LogP contribution is -2.39. The third-order valence-corrected chi connectivity index (χ3v) is 6.27. The fourth-order valence-electron chi connectivity index (χ4n) is 3.64. The summed E-state index contributed by atoms with van der Waals surface area (Å²) in [6.07, 6.45) is 2.11. The molecule has 0 unspecified atom stereocenters. The van der Waals surface area contributed by atoms with E-state index >= 15 is 0 Å². The number of methoxy groups -OCH3 is 1. The predicted molar refractivity (Wildman–Crippen MR) is 109 cm³/mol. The molecule has 3 aromatic rings. The molecule has 27 heavy (non-hydrogen) atoms. The first-order valence-electron chi connectivity index (χ1n) is 9.46. The molecule has 4 rings (SSSR count). The second-order valence-electron chi connectivity index (χ2n) is 7.49. The highest BCUT2D eigenvalue weighted by Crippen LogP contribution is 2.31. The van der Waals surface area contributed by atoms with E-state index < -0.39 is 0 Å². The number of nitrogens with zero attached hydrogens (tertiary/aromatic N) is 2. The number of rotatable bonds is 4. The molecule has 142 valence electrons. The number of hydrogen-bond acceptors (Lipinski definition) is 4. The van der Waals surface area contributed by atoms with E-state index in [1.165, 1.54) is 0 Å². The molecule has 1 N–H and O–H groups in total. The van der Waals surface area contributed by atoms with E-state index in [0.717, 1.165) is 53.3 Å². The lowest BCUT2D eigenvalue weighted by atomic mass is 9.98. The maximum absolute atomic E-state index is 13.1. The van der Waals surface area contributed by atoms with Crippen molar-refractivity contribution in [1.29, 1.82) is 0 Å². The first-order chi connectivity index (χ1) is 13.0. The summed E-state index contributed by atoms with van der Waals surface area (Å²) in [5.74, 6) is 1.63. The second kappa shape index (κ2) is 7.35. The summed E-state index contributed by atoms with van der Waals surface area (Å²) in [5, 5.41) is 4.35. The van der Waals surface area contributed by atoms with Crippen molar-refractivity contribution in [2.75, 3.05) is 20.2 Å². The molecule has 1 amide bonds. The Hall–Kier alpha value is -2.34. The van der Waals surface area contributed by atoms with Crippen LogP contribution < -0.4 is 4.74 Å². The minimum atomic E-state index is 0.0653. The van der Waals surface area contributed by atoms with E-state index in [1.807, 2.05) is 29.2 Å². The zero-order chi connectivity index (χ0) is 19.0. The standard InChI is InChI=1S/C21H25N3O2S/c1-13(2)19-12-27-20(23-19)15-5-4-8-24(11-15)21(25)18-9-14-6-7-16(26-3)10-17(14)22-18/h6-7,9-10,12-13,15,22H,4-5,8,11H2,1-3H3/t15-/m1/s1. The number of H-pyrrole nitrogens is 1. The van der Waals surface area contributed by atoms with Crippen molar-refractivity contribution in [3.05, 3.63) is 46.0 Å². The smallest absolute Gasteiger partial charge is 0.270 e. The number of hydrogen-bond donors (Lipinski definition) is 1.